The van der Waals surface area contributed by atoms with E-state index in [1.807, 2.05) is 0 Å². The fourth-order valence-electron chi connectivity index (χ4n) is 1.30. The summed E-state index contributed by atoms with van der Waals surface area (Å²) in [5.41, 5.74) is 0.0231. The molecule has 1 atom stereocenters. The fraction of sp³-hybridized carbons (Fsp3) is 0.417. The van der Waals surface area contributed by atoms with E-state index in [2.05, 4.69) is 11.4 Å². The van der Waals surface area contributed by atoms with Gasteiger partial charge >= 0.3 is 0 Å². The standard InChI is InChI=1S/C12H15FN2O/c1-12(9-14,7-8-16-2)15-11-5-3-10(13)4-6-11/h3-6,15H,7-8H2,1-2H3. The number of nitrogens with zero attached hydrogens (tertiary/aromatic N) is 1. The van der Waals surface area contributed by atoms with E-state index in [9.17, 15) is 4.39 Å². The van der Waals surface area contributed by atoms with Crippen LogP contribution in [0.2, 0.25) is 0 Å². The minimum atomic E-state index is -0.701. The smallest absolute Gasteiger partial charge is 0.124 e. The minimum absolute atomic E-state index is 0.291. The topological polar surface area (TPSA) is 45.0 Å². The molecule has 0 aliphatic carbocycles. The van der Waals surface area contributed by atoms with Gasteiger partial charge in [-0.1, -0.05) is 0 Å². The van der Waals surface area contributed by atoms with Gasteiger partial charge in [0.25, 0.3) is 0 Å². The molecule has 0 aliphatic rings. The molecule has 1 aromatic carbocycles. The monoisotopic (exact) mass is 222 g/mol. The van der Waals surface area contributed by atoms with Gasteiger partial charge in [0, 0.05) is 25.8 Å². The number of nitriles is 1. The van der Waals surface area contributed by atoms with Gasteiger partial charge in [0.15, 0.2) is 0 Å². The van der Waals surface area contributed by atoms with E-state index < -0.39 is 5.54 Å². The van der Waals surface area contributed by atoms with Crippen LogP contribution in [-0.2, 0) is 4.74 Å². The molecule has 0 radical (unpaired) electrons. The maximum absolute atomic E-state index is 12.7. The zero-order valence-electron chi connectivity index (χ0n) is 9.46. The van der Waals surface area contributed by atoms with Gasteiger partial charge in [-0.15, -0.1) is 0 Å². The van der Waals surface area contributed by atoms with Crippen LogP contribution in [0.5, 0.6) is 0 Å². The Bertz CT molecular complexity index is 372. The predicted molar refractivity (Wildman–Crippen MR) is 60.5 cm³/mol. The molecule has 1 rings (SSSR count). The van der Waals surface area contributed by atoms with Crippen LogP contribution >= 0.6 is 0 Å². The van der Waals surface area contributed by atoms with Gasteiger partial charge in [-0.25, -0.2) is 4.39 Å². The lowest BCUT2D eigenvalue weighted by atomic mass is 10.00. The molecule has 86 valence electrons. The highest BCUT2D eigenvalue weighted by molar-refractivity contribution is 5.47. The Morgan fingerprint density at radius 1 is 1.44 bits per heavy atom. The summed E-state index contributed by atoms with van der Waals surface area (Å²) in [7, 11) is 1.59. The second-order valence-corrected chi connectivity index (χ2v) is 3.82. The number of anilines is 1. The summed E-state index contributed by atoms with van der Waals surface area (Å²) in [6.45, 7) is 2.29. The quantitative estimate of drug-likeness (QED) is 0.832. The summed E-state index contributed by atoms with van der Waals surface area (Å²) in [6.07, 6.45) is 0.567. The maximum Gasteiger partial charge on any atom is 0.124 e. The van der Waals surface area contributed by atoms with E-state index in [4.69, 9.17) is 10.00 Å². The molecule has 0 aliphatic heterocycles. The lowest BCUT2D eigenvalue weighted by molar-refractivity contribution is 0.184. The van der Waals surface area contributed by atoms with Crippen LogP contribution in [0.1, 0.15) is 13.3 Å². The molecule has 3 nitrogen and oxygen atoms in total. The normalized spacial score (nSPS) is 13.9. The highest BCUT2D eigenvalue weighted by Gasteiger charge is 2.22. The molecule has 0 bridgehead atoms. The Hall–Kier alpha value is -1.60. The van der Waals surface area contributed by atoms with Gasteiger partial charge in [-0.3, -0.25) is 0 Å². The summed E-state index contributed by atoms with van der Waals surface area (Å²) in [5, 5.41) is 12.1. The lowest BCUT2D eigenvalue weighted by Gasteiger charge is -2.24. The van der Waals surface area contributed by atoms with Crippen LogP contribution < -0.4 is 5.32 Å². The third kappa shape index (κ3) is 3.52. The first-order valence-corrected chi connectivity index (χ1v) is 5.03. The summed E-state index contributed by atoms with van der Waals surface area (Å²) in [5.74, 6) is -0.291. The SMILES string of the molecule is COCCC(C)(C#N)Nc1ccc(F)cc1. The molecule has 0 spiro atoms. The first-order chi connectivity index (χ1) is 7.59. The van der Waals surface area contributed by atoms with Crippen molar-refractivity contribution < 1.29 is 9.13 Å². The Kier molecular flexibility index (Phi) is 4.27. The average molecular weight is 222 g/mol. The molecule has 0 amide bonds. The van der Waals surface area contributed by atoms with Crippen LogP contribution in [0.4, 0.5) is 10.1 Å². The number of halogens is 1. The molecule has 1 aromatic rings. The number of ether oxygens (including phenoxy) is 1. The van der Waals surface area contributed by atoms with E-state index >= 15 is 0 Å². The predicted octanol–water partition coefficient (Wildman–Crippen LogP) is 2.56. The second kappa shape index (κ2) is 5.47. The molecule has 1 unspecified atom stereocenters. The van der Waals surface area contributed by atoms with Crippen molar-refractivity contribution in [3.63, 3.8) is 0 Å². The molecule has 0 saturated carbocycles. The van der Waals surface area contributed by atoms with Crippen molar-refractivity contribution in [1.29, 1.82) is 5.26 Å². The summed E-state index contributed by atoms with van der Waals surface area (Å²) < 4.78 is 17.6. The molecule has 0 saturated heterocycles. The van der Waals surface area contributed by atoms with Crippen LogP contribution in [0.3, 0.4) is 0 Å². The number of rotatable bonds is 5. The lowest BCUT2D eigenvalue weighted by Crippen LogP contribution is -2.34. The third-order valence-electron chi connectivity index (χ3n) is 2.32. The first-order valence-electron chi connectivity index (χ1n) is 5.03. The molecule has 4 heteroatoms. The highest BCUT2D eigenvalue weighted by atomic mass is 19.1. The van der Waals surface area contributed by atoms with Crippen LogP contribution in [0.25, 0.3) is 0 Å². The van der Waals surface area contributed by atoms with Crippen LogP contribution in [0, 0.1) is 17.1 Å². The molecule has 1 N–H and O–H groups in total. The van der Waals surface area contributed by atoms with Crippen molar-refractivity contribution in [1.82, 2.24) is 0 Å². The largest absolute Gasteiger partial charge is 0.385 e. The molecular formula is C12H15FN2O. The summed E-state index contributed by atoms with van der Waals surface area (Å²) in [6, 6.07) is 8.12. The van der Waals surface area contributed by atoms with E-state index in [1.54, 1.807) is 26.2 Å². The zero-order valence-corrected chi connectivity index (χ0v) is 9.46. The number of hydrogen-bond acceptors (Lipinski definition) is 3. The van der Waals surface area contributed by atoms with E-state index in [1.165, 1.54) is 12.1 Å². The molecule has 0 fully saturated rings. The van der Waals surface area contributed by atoms with Crippen molar-refractivity contribution in [3.05, 3.63) is 30.1 Å². The van der Waals surface area contributed by atoms with Crippen molar-refractivity contribution >= 4 is 5.69 Å². The van der Waals surface area contributed by atoms with Crippen molar-refractivity contribution in [2.75, 3.05) is 19.0 Å². The Balaban J connectivity index is 2.69. The van der Waals surface area contributed by atoms with Gasteiger partial charge in [-0.2, -0.15) is 5.26 Å². The Morgan fingerprint density at radius 3 is 2.56 bits per heavy atom. The zero-order chi connectivity index (χ0) is 12.0. The van der Waals surface area contributed by atoms with Gasteiger partial charge in [0.1, 0.15) is 11.4 Å². The molecular weight excluding hydrogens is 207 g/mol. The van der Waals surface area contributed by atoms with Crippen molar-refractivity contribution in [2.45, 2.75) is 18.9 Å². The van der Waals surface area contributed by atoms with Gasteiger partial charge in [0.2, 0.25) is 0 Å². The minimum Gasteiger partial charge on any atom is -0.385 e. The van der Waals surface area contributed by atoms with Crippen LogP contribution in [0.15, 0.2) is 24.3 Å². The van der Waals surface area contributed by atoms with Crippen molar-refractivity contribution in [3.8, 4) is 6.07 Å². The highest BCUT2D eigenvalue weighted by Crippen LogP contribution is 2.18. The third-order valence-corrected chi connectivity index (χ3v) is 2.32. The van der Waals surface area contributed by atoms with Crippen LogP contribution in [-0.4, -0.2) is 19.3 Å². The average Bonchev–Trinajstić information content (AvgIpc) is 2.30. The van der Waals surface area contributed by atoms with Crippen molar-refractivity contribution in [2.24, 2.45) is 0 Å². The van der Waals surface area contributed by atoms with E-state index in [-0.39, 0.29) is 5.82 Å². The van der Waals surface area contributed by atoms with Gasteiger partial charge in [-0.05, 0) is 31.2 Å². The van der Waals surface area contributed by atoms with Gasteiger partial charge in [0.05, 0.1) is 6.07 Å². The molecule has 16 heavy (non-hydrogen) atoms. The Labute approximate surface area is 94.8 Å². The van der Waals surface area contributed by atoms with Gasteiger partial charge < -0.3 is 10.1 Å². The van der Waals surface area contributed by atoms with E-state index in [0.717, 1.165) is 5.69 Å². The number of hydrogen-bond donors (Lipinski definition) is 1. The summed E-state index contributed by atoms with van der Waals surface area (Å²) >= 11 is 0. The molecule has 0 heterocycles. The number of benzene rings is 1. The number of methoxy groups -OCH3 is 1. The number of nitrogens with one attached hydrogen (secondary N) is 1. The summed E-state index contributed by atoms with van der Waals surface area (Å²) in [4.78, 5) is 0. The Morgan fingerprint density at radius 2 is 2.06 bits per heavy atom. The maximum atomic E-state index is 12.7. The fourth-order valence-corrected chi connectivity index (χ4v) is 1.30. The molecule has 0 aromatic heterocycles. The first kappa shape index (κ1) is 12.5. The second-order valence-electron chi connectivity index (χ2n) is 3.82. The van der Waals surface area contributed by atoms with E-state index in [0.29, 0.717) is 13.0 Å².